The summed E-state index contributed by atoms with van der Waals surface area (Å²) in [6, 6.07) is 5.31. The smallest absolute Gasteiger partial charge is 0.417 e. The average Bonchev–Trinajstić information content (AvgIpc) is 3.16. The van der Waals surface area contributed by atoms with Crippen molar-refractivity contribution in [3.63, 3.8) is 0 Å². The minimum Gasteiger partial charge on any atom is -0.493 e. The molecule has 0 amide bonds. The third kappa shape index (κ3) is 4.96. The van der Waals surface area contributed by atoms with Crippen LogP contribution in [0.3, 0.4) is 0 Å². The second kappa shape index (κ2) is 8.61. The number of aliphatic hydroxyl groups is 1. The first-order valence-electron chi connectivity index (χ1n) is 10.0. The summed E-state index contributed by atoms with van der Waals surface area (Å²) in [5.74, 6) is -1.19. The van der Waals surface area contributed by atoms with Gasteiger partial charge in [-0.1, -0.05) is 25.4 Å². The van der Waals surface area contributed by atoms with Crippen LogP contribution in [0.15, 0.2) is 24.3 Å². The zero-order chi connectivity index (χ0) is 25.7. The van der Waals surface area contributed by atoms with E-state index in [1.54, 1.807) is 6.07 Å². The van der Waals surface area contributed by atoms with Crippen LogP contribution < -0.4 is 4.74 Å². The maximum atomic E-state index is 14.5. The number of nitriles is 1. The topological polar surface area (TPSA) is 53.2 Å². The molecular formula is C23H19ClF7NO2. The van der Waals surface area contributed by atoms with Crippen LogP contribution in [0.4, 0.5) is 30.7 Å². The lowest BCUT2D eigenvalue weighted by Crippen LogP contribution is -2.51. The standard InChI is InChI=1S/C23H19ClF7NO2/c1-20(2,16-6-12(10-32)5-13-3-4-34-19(13)16)11-21(33,23(29,30)31)9-14-7-15(22(26,27)28)8-17(24)18(14)25/h5-8,33H,3-4,9,11H2,1-2H3. The number of fused-ring (bicyclic) bond motifs is 1. The Balaban J connectivity index is 2.09. The molecule has 3 rings (SSSR count). The van der Waals surface area contributed by atoms with Crippen LogP contribution in [0.25, 0.3) is 0 Å². The van der Waals surface area contributed by atoms with E-state index < -0.39 is 58.2 Å². The van der Waals surface area contributed by atoms with Crippen LogP contribution in [0.1, 0.15) is 48.1 Å². The molecule has 0 radical (unpaired) electrons. The van der Waals surface area contributed by atoms with Crippen molar-refractivity contribution in [1.82, 2.24) is 0 Å². The van der Waals surface area contributed by atoms with Crippen molar-refractivity contribution < 1.29 is 40.6 Å². The van der Waals surface area contributed by atoms with Crippen molar-refractivity contribution in [1.29, 1.82) is 5.26 Å². The van der Waals surface area contributed by atoms with Gasteiger partial charge in [-0.2, -0.15) is 31.6 Å². The highest BCUT2D eigenvalue weighted by Gasteiger charge is 2.56. The number of hydrogen-bond donors (Lipinski definition) is 1. The van der Waals surface area contributed by atoms with Crippen LogP contribution in [0.5, 0.6) is 5.75 Å². The largest absolute Gasteiger partial charge is 0.493 e. The first-order chi connectivity index (χ1) is 15.5. The Morgan fingerprint density at radius 1 is 1.09 bits per heavy atom. The van der Waals surface area contributed by atoms with Crippen molar-refractivity contribution in [2.75, 3.05) is 6.61 Å². The first-order valence-corrected chi connectivity index (χ1v) is 10.4. The molecule has 1 N–H and O–H groups in total. The van der Waals surface area contributed by atoms with Gasteiger partial charge in [0.2, 0.25) is 0 Å². The quantitative estimate of drug-likeness (QED) is 0.468. The van der Waals surface area contributed by atoms with Crippen LogP contribution >= 0.6 is 11.6 Å². The van der Waals surface area contributed by atoms with E-state index in [2.05, 4.69) is 0 Å². The molecule has 11 heteroatoms. The molecule has 0 aliphatic carbocycles. The van der Waals surface area contributed by atoms with E-state index in [0.29, 0.717) is 17.7 Å². The summed E-state index contributed by atoms with van der Waals surface area (Å²) in [6.45, 7) is 3.00. The van der Waals surface area contributed by atoms with Crippen molar-refractivity contribution >= 4 is 11.6 Å². The zero-order valence-electron chi connectivity index (χ0n) is 18.0. The molecule has 0 saturated heterocycles. The van der Waals surface area contributed by atoms with Crippen molar-refractivity contribution in [2.45, 2.75) is 56.5 Å². The number of ether oxygens (including phenoxy) is 1. The monoisotopic (exact) mass is 509 g/mol. The summed E-state index contributed by atoms with van der Waals surface area (Å²) in [6.07, 6.45) is -12.4. The molecular weight excluding hydrogens is 491 g/mol. The van der Waals surface area contributed by atoms with Gasteiger partial charge >= 0.3 is 12.4 Å². The first kappa shape index (κ1) is 26.1. The minimum absolute atomic E-state index is 0.179. The van der Waals surface area contributed by atoms with Gasteiger partial charge in [0.25, 0.3) is 0 Å². The Bertz CT molecular complexity index is 1150. The van der Waals surface area contributed by atoms with Crippen LogP contribution in [0, 0.1) is 17.1 Å². The van der Waals surface area contributed by atoms with Gasteiger partial charge in [-0.05, 0) is 47.2 Å². The average molecular weight is 510 g/mol. The van der Waals surface area contributed by atoms with Gasteiger partial charge in [-0.15, -0.1) is 0 Å². The van der Waals surface area contributed by atoms with Gasteiger partial charge in [0, 0.05) is 18.4 Å². The van der Waals surface area contributed by atoms with Crippen LogP contribution in [0.2, 0.25) is 5.02 Å². The SMILES string of the molecule is CC(C)(CC(O)(Cc1cc(C(F)(F)F)cc(Cl)c1F)C(F)(F)F)c1cc(C#N)cc2c1OCC2. The molecule has 0 bridgehead atoms. The van der Waals surface area contributed by atoms with Gasteiger partial charge in [0.1, 0.15) is 11.6 Å². The van der Waals surface area contributed by atoms with Gasteiger partial charge in [-0.25, -0.2) is 4.39 Å². The number of benzene rings is 2. The molecule has 3 nitrogen and oxygen atoms in total. The van der Waals surface area contributed by atoms with Crippen molar-refractivity contribution in [3.05, 3.63) is 62.9 Å². The van der Waals surface area contributed by atoms with Crippen molar-refractivity contribution in [3.8, 4) is 11.8 Å². The maximum absolute atomic E-state index is 14.5. The van der Waals surface area contributed by atoms with E-state index in [9.17, 15) is 41.1 Å². The van der Waals surface area contributed by atoms with Gasteiger partial charge < -0.3 is 9.84 Å². The lowest BCUT2D eigenvalue weighted by molar-refractivity contribution is -0.266. The molecule has 2 aromatic carbocycles. The number of rotatable bonds is 5. The Kier molecular flexibility index (Phi) is 6.61. The molecule has 1 aliphatic heterocycles. The summed E-state index contributed by atoms with van der Waals surface area (Å²) >= 11 is 5.51. The predicted octanol–water partition coefficient (Wildman–Crippen LogP) is 6.51. The molecule has 0 saturated carbocycles. The molecule has 34 heavy (non-hydrogen) atoms. The number of halogens is 8. The van der Waals surface area contributed by atoms with E-state index >= 15 is 0 Å². The molecule has 184 valence electrons. The van der Waals surface area contributed by atoms with Gasteiger partial charge in [0.15, 0.2) is 5.60 Å². The lowest BCUT2D eigenvalue weighted by atomic mass is 9.72. The summed E-state index contributed by atoms with van der Waals surface area (Å²) in [5, 5.41) is 19.0. The molecule has 1 unspecified atom stereocenters. The Morgan fingerprint density at radius 2 is 1.74 bits per heavy atom. The summed E-state index contributed by atoms with van der Waals surface area (Å²) in [7, 11) is 0. The van der Waals surface area contributed by atoms with Crippen LogP contribution in [-0.2, 0) is 24.4 Å². The highest BCUT2D eigenvalue weighted by Crippen LogP contribution is 2.47. The van der Waals surface area contributed by atoms with Gasteiger partial charge in [0.05, 0.1) is 28.8 Å². The second-order valence-electron chi connectivity index (χ2n) is 8.92. The van der Waals surface area contributed by atoms with Gasteiger partial charge in [-0.3, -0.25) is 0 Å². The van der Waals surface area contributed by atoms with E-state index in [1.165, 1.54) is 19.9 Å². The molecule has 2 aromatic rings. The molecule has 1 heterocycles. The third-order valence-corrected chi connectivity index (χ3v) is 6.09. The highest BCUT2D eigenvalue weighted by molar-refractivity contribution is 6.30. The maximum Gasteiger partial charge on any atom is 0.417 e. The summed E-state index contributed by atoms with van der Waals surface area (Å²) in [5.41, 5.74) is -6.54. The number of nitrogens with zero attached hydrogens (tertiary/aromatic N) is 1. The number of hydrogen-bond acceptors (Lipinski definition) is 3. The van der Waals surface area contributed by atoms with E-state index in [4.69, 9.17) is 16.3 Å². The Labute approximate surface area is 195 Å². The third-order valence-electron chi connectivity index (χ3n) is 5.82. The predicted molar refractivity (Wildman–Crippen MR) is 109 cm³/mol. The lowest BCUT2D eigenvalue weighted by Gasteiger charge is -2.38. The molecule has 0 aromatic heterocycles. The van der Waals surface area contributed by atoms with E-state index in [1.807, 2.05) is 6.07 Å². The molecule has 0 spiro atoms. The highest BCUT2D eigenvalue weighted by atomic mass is 35.5. The van der Waals surface area contributed by atoms with E-state index in [-0.39, 0.29) is 29.9 Å². The fourth-order valence-corrected chi connectivity index (χ4v) is 4.46. The molecule has 1 aliphatic rings. The number of alkyl halides is 6. The summed E-state index contributed by atoms with van der Waals surface area (Å²) < 4.78 is 102. The fraction of sp³-hybridized carbons (Fsp3) is 0.435. The molecule has 1 atom stereocenters. The van der Waals surface area contributed by atoms with E-state index in [0.717, 1.165) is 0 Å². The minimum atomic E-state index is -5.34. The second-order valence-corrected chi connectivity index (χ2v) is 9.33. The Hall–Kier alpha value is -2.51. The fourth-order valence-electron chi connectivity index (χ4n) is 4.22. The molecule has 0 fully saturated rings. The normalized spacial score (nSPS) is 15.9. The Morgan fingerprint density at radius 3 is 2.29 bits per heavy atom. The van der Waals surface area contributed by atoms with Crippen LogP contribution in [-0.4, -0.2) is 23.5 Å². The zero-order valence-corrected chi connectivity index (χ0v) is 18.7. The van der Waals surface area contributed by atoms with Crippen molar-refractivity contribution in [2.24, 2.45) is 0 Å². The summed E-state index contributed by atoms with van der Waals surface area (Å²) in [4.78, 5) is 0.